The Labute approximate surface area is 238 Å². The minimum atomic E-state index is -0.0406. The molecule has 0 saturated heterocycles. The summed E-state index contributed by atoms with van der Waals surface area (Å²) < 4.78 is 0. The molecule has 0 unspecified atom stereocenters. The Hall–Kier alpha value is -4.36. The number of allylic oxidation sites excluding steroid dienone is 7. The Kier molecular flexibility index (Phi) is 6.16. The first-order valence-electron chi connectivity index (χ1n) is 14.6. The summed E-state index contributed by atoms with van der Waals surface area (Å²) in [7, 11) is 0. The highest BCUT2D eigenvalue weighted by molar-refractivity contribution is 5.84. The molecule has 0 bridgehead atoms. The second kappa shape index (κ2) is 9.99. The fourth-order valence-corrected chi connectivity index (χ4v) is 6.73. The molecule has 0 saturated carbocycles. The largest absolute Gasteiger partial charge is 0.310 e. The van der Waals surface area contributed by atoms with E-state index < -0.39 is 0 Å². The van der Waals surface area contributed by atoms with Crippen LogP contribution in [0, 0.1) is 0 Å². The van der Waals surface area contributed by atoms with Crippen LogP contribution in [0.4, 0.5) is 11.4 Å². The van der Waals surface area contributed by atoms with E-state index in [1.807, 2.05) is 0 Å². The van der Waals surface area contributed by atoms with Gasteiger partial charge in [-0.3, -0.25) is 0 Å². The summed E-state index contributed by atoms with van der Waals surface area (Å²) in [5.41, 5.74) is 14.6. The summed E-state index contributed by atoms with van der Waals surface area (Å²) in [4.78, 5) is 2.50. The summed E-state index contributed by atoms with van der Waals surface area (Å²) in [6.45, 7) is 4.73. The molecular formula is C39H35N. The van der Waals surface area contributed by atoms with Gasteiger partial charge in [-0.25, -0.2) is 0 Å². The lowest BCUT2D eigenvalue weighted by Crippen LogP contribution is -2.21. The van der Waals surface area contributed by atoms with E-state index >= 15 is 0 Å². The number of benzene rings is 4. The third-order valence-corrected chi connectivity index (χ3v) is 8.85. The molecule has 4 aromatic carbocycles. The van der Waals surface area contributed by atoms with E-state index in [1.165, 1.54) is 61.6 Å². The number of rotatable bonds is 5. The molecule has 0 N–H and O–H groups in total. The average Bonchev–Trinajstić information content (AvgIpc) is 3.25. The van der Waals surface area contributed by atoms with E-state index in [0.29, 0.717) is 0 Å². The third kappa shape index (κ3) is 4.18. The van der Waals surface area contributed by atoms with Crippen molar-refractivity contribution in [3.8, 4) is 22.3 Å². The number of hydrogen-bond acceptors (Lipinski definition) is 1. The summed E-state index contributed by atoms with van der Waals surface area (Å²) in [6.07, 6.45) is 15.9. The molecule has 3 aliphatic carbocycles. The first kappa shape index (κ1) is 24.7. The maximum atomic E-state index is 2.50. The first-order valence-corrected chi connectivity index (χ1v) is 14.6. The minimum Gasteiger partial charge on any atom is -0.310 e. The van der Waals surface area contributed by atoms with Crippen LogP contribution in [0.1, 0.15) is 50.7 Å². The van der Waals surface area contributed by atoms with Gasteiger partial charge in [-0.2, -0.15) is 0 Å². The smallest absolute Gasteiger partial charge is 0.0493 e. The van der Waals surface area contributed by atoms with Gasteiger partial charge in [0.1, 0.15) is 0 Å². The lowest BCUT2D eigenvalue weighted by Gasteiger charge is -2.32. The molecule has 0 heterocycles. The van der Waals surface area contributed by atoms with Crippen molar-refractivity contribution in [1.29, 1.82) is 0 Å². The molecule has 1 nitrogen and oxygen atoms in total. The van der Waals surface area contributed by atoms with Crippen LogP contribution < -0.4 is 4.90 Å². The molecule has 3 aliphatic rings. The van der Waals surface area contributed by atoms with E-state index in [0.717, 1.165) is 25.7 Å². The Balaban J connectivity index is 1.40. The molecular weight excluding hydrogens is 482 g/mol. The van der Waals surface area contributed by atoms with Gasteiger partial charge in [-0.15, -0.1) is 0 Å². The number of anilines is 2. The molecule has 7 rings (SSSR count). The Morgan fingerprint density at radius 1 is 0.625 bits per heavy atom. The van der Waals surface area contributed by atoms with E-state index in [-0.39, 0.29) is 5.41 Å². The molecule has 0 aliphatic heterocycles. The Morgan fingerprint density at radius 3 is 2.12 bits per heavy atom. The standard InChI is InChI=1S/C39H35N/c1-39(2)36-19-11-9-18-34(36)35-26-25-32(27-37(35)39)40(31-23-21-29(22-24-31)28-13-5-3-6-14-28)38-20-12-10-17-33(38)30-15-7-4-8-16-30/h3-7,9,11-15,18-27H,8,10,16-17H2,1-2H3. The van der Waals surface area contributed by atoms with Gasteiger partial charge in [0.05, 0.1) is 0 Å². The van der Waals surface area contributed by atoms with Crippen LogP contribution >= 0.6 is 0 Å². The second-order valence-electron chi connectivity index (χ2n) is 11.6. The number of hydrogen-bond donors (Lipinski definition) is 0. The van der Waals surface area contributed by atoms with Gasteiger partial charge in [-0.05, 0) is 101 Å². The molecule has 0 fully saturated rings. The number of nitrogens with zero attached hydrogens (tertiary/aromatic N) is 1. The molecule has 0 atom stereocenters. The topological polar surface area (TPSA) is 3.24 Å². The highest BCUT2D eigenvalue weighted by Gasteiger charge is 2.36. The second-order valence-corrected chi connectivity index (χ2v) is 11.6. The molecule has 1 heteroatoms. The third-order valence-electron chi connectivity index (χ3n) is 8.85. The van der Waals surface area contributed by atoms with Crippen molar-refractivity contribution in [3.63, 3.8) is 0 Å². The summed E-state index contributed by atoms with van der Waals surface area (Å²) in [5.74, 6) is 0. The Morgan fingerprint density at radius 2 is 1.32 bits per heavy atom. The van der Waals surface area contributed by atoms with Crippen molar-refractivity contribution in [2.45, 2.75) is 44.9 Å². The van der Waals surface area contributed by atoms with E-state index in [2.05, 4.69) is 146 Å². The van der Waals surface area contributed by atoms with E-state index in [9.17, 15) is 0 Å². The van der Waals surface area contributed by atoms with Gasteiger partial charge < -0.3 is 4.90 Å². The maximum absolute atomic E-state index is 2.50. The van der Waals surface area contributed by atoms with Crippen molar-refractivity contribution >= 4 is 11.4 Å². The summed E-state index contributed by atoms with van der Waals surface area (Å²) in [5, 5.41) is 0. The van der Waals surface area contributed by atoms with Crippen LogP contribution in [0.5, 0.6) is 0 Å². The fourth-order valence-electron chi connectivity index (χ4n) is 6.73. The monoisotopic (exact) mass is 517 g/mol. The fraction of sp³-hybridized carbons (Fsp3) is 0.179. The van der Waals surface area contributed by atoms with Gasteiger partial charge in [0, 0.05) is 22.5 Å². The highest BCUT2D eigenvalue weighted by atomic mass is 15.1. The molecule has 0 amide bonds. The molecule has 196 valence electrons. The molecule has 4 aromatic rings. The highest BCUT2D eigenvalue weighted by Crippen LogP contribution is 2.50. The van der Waals surface area contributed by atoms with Crippen molar-refractivity contribution in [1.82, 2.24) is 0 Å². The Bertz CT molecular complexity index is 1690. The van der Waals surface area contributed by atoms with Crippen molar-refractivity contribution in [3.05, 3.63) is 155 Å². The minimum absolute atomic E-state index is 0.0406. The maximum Gasteiger partial charge on any atom is 0.0493 e. The normalized spacial score (nSPS) is 16.9. The van der Waals surface area contributed by atoms with Crippen LogP contribution in [-0.2, 0) is 5.41 Å². The molecule has 0 radical (unpaired) electrons. The van der Waals surface area contributed by atoms with Gasteiger partial charge in [0.15, 0.2) is 0 Å². The van der Waals surface area contributed by atoms with Crippen LogP contribution in [0.15, 0.2) is 144 Å². The SMILES string of the molecule is CC1(C)c2ccccc2-c2ccc(N(C3=C(C4=CC=CCC4)CCC=C3)c3ccc(-c4ccccc4)cc3)cc21. The van der Waals surface area contributed by atoms with Crippen LogP contribution in [0.3, 0.4) is 0 Å². The number of fused-ring (bicyclic) bond motifs is 3. The lowest BCUT2D eigenvalue weighted by molar-refractivity contribution is 0.660. The first-order chi connectivity index (χ1) is 19.6. The van der Waals surface area contributed by atoms with Gasteiger partial charge in [0.25, 0.3) is 0 Å². The van der Waals surface area contributed by atoms with Gasteiger partial charge in [-0.1, -0.05) is 111 Å². The van der Waals surface area contributed by atoms with Crippen molar-refractivity contribution in [2.24, 2.45) is 0 Å². The molecule has 0 spiro atoms. The average molecular weight is 518 g/mol. The van der Waals surface area contributed by atoms with Crippen LogP contribution in [-0.4, -0.2) is 0 Å². The quantitative estimate of drug-likeness (QED) is 0.254. The van der Waals surface area contributed by atoms with Gasteiger partial charge >= 0.3 is 0 Å². The zero-order valence-corrected chi connectivity index (χ0v) is 23.4. The lowest BCUT2D eigenvalue weighted by atomic mass is 9.82. The predicted molar refractivity (Wildman–Crippen MR) is 170 cm³/mol. The zero-order valence-electron chi connectivity index (χ0n) is 23.4. The van der Waals surface area contributed by atoms with Gasteiger partial charge in [0.2, 0.25) is 0 Å². The zero-order chi connectivity index (χ0) is 27.1. The molecule has 40 heavy (non-hydrogen) atoms. The van der Waals surface area contributed by atoms with Crippen LogP contribution in [0.2, 0.25) is 0 Å². The summed E-state index contributed by atoms with van der Waals surface area (Å²) >= 11 is 0. The van der Waals surface area contributed by atoms with E-state index in [1.54, 1.807) is 0 Å². The van der Waals surface area contributed by atoms with Crippen molar-refractivity contribution in [2.75, 3.05) is 4.90 Å². The summed E-state index contributed by atoms with van der Waals surface area (Å²) in [6, 6.07) is 35.8. The predicted octanol–water partition coefficient (Wildman–Crippen LogP) is 10.7. The van der Waals surface area contributed by atoms with E-state index in [4.69, 9.17) is 0 Å². The van der Waals surface area contributed by atoms with Crippen molar-refractivity contribution < 1.29 is 0 Å². The van der Waals surface area contributed by atoms with Crippen LogP contribution in [0.25, 0.3) is 22.3 Å². The molecule has 0 aromatic heterocycles.